The van der Waals surface area contributed by atoms with E-state index in [0.29, 0.717) is 22.9 Å². The van der Waals surface area contributed by atoms with Crippen molar-refractivity contribution >= 4 is 56.9 Å². The molecular formula is C22H24N2O4S4. The highest BCUT2D eigenvalue weighted by Crippen LogP contribution is 2.41. The Labute approximate surface area is 203 Å². The minimum atomic E-state index is -0.158. The molecule has 2 aliphatic rings. The lowest BCUT2D eigenvalue weighted by Gasteiger charge is -2.23. The van der Waals surface area contributed by atoms with Gasteiger partial charge in [0.2, 0.25) is 0 Å². The maximum atomic E-state index is 13.2. The van der Waals surface area contributed by atoms with Crippen LogP contribution in [-0.4, -0.2) is 80.4 Å². The van der Waals surface area contributed by atoms with Crippen LogP contribution in [0.3, 0.4) is 0 Å². The van der Waals surface area contributed by atoms with Gasteiger partial charge >= 0.3 is 0 Å². The maximum Gasteiger partial charge on any atom is 0.256 e. The van der Waals surface area contributed by atoms with Gasteiger partial charge in [-0.1, -0.05) is 45.9 Å². The summed E-state index contributed by atoms with van der Waals surface area (Å²) in [6.07, 6.45) is 0. The van der Waals surface area contributed by atoms with E-state index in [1.807, 2.05) is 48.5 Å². The molecule has 0 aromatic heterocycles. The molecule has 2 saturated heterocycles. The SMILES string of the molecule is O=C(c1ccccc1SSc1ccccc1C(=O)N1CSC[C@@H]1CO)N1CSC[C@H]1CO. The quantitative estimate of drug-likeness (QED) is 0.550. The predicted molar refractivity (Wildman–Crippen MR) is 133 cm³/mol. The number of hydrogen-bond donors (Lipinski definition) is 2. The third kappa shape index (κ3) is 5.10. The molecule has 0 radical (unpaired) electrons. The molecule has 6 nitrogen and oxygen atoms in total. The van der Waals surface area contributed by atoms with Crippen LogP contribution in [0.5, 0.6) is 0 Å². The summed E-state index contributed by atoms with van der Waals surface area (Å²) in [4.78, 5) is 31.4. The van der Waals surface area contributed by atoms with E-state index >= 15 is 0 Å². The van der Waals surface area contributed by atoms with E-state index in [-0.39, 0.29) is 37.1 Å². The van der Waals surface area contributed by atoms with E-state index in [9.17, 15) is 19.8 Å². The van der Waals surface area contributed by atoms with Crippen LogP contribution < -0.4 is 0 Å². The Morgan fingerprint density at radius 2 is 1.19 bits per heavy atom. The van der Waals surface area contributed by atoms with Gasteiger partial charge < -0.3 is 20.0 Å². The van der Waals surface area contributed by atoms with Crippen molar-refractivity contribution in [1.29, 1.82) is 0 Å². The van der Waals surface area contributed by atoms with E-state index < -0.39 is 0 Å². The first-order chi connectivity index (χ1) is 15.6. The van der Waals surface area contributed by atoms with Crippen LogP contribution in [0.15, 0.2) is 58.3 Å². The van der Waals surface area contributed by atoms with Crippen LogP contribution >= 0.6 is 45.1 Å². The molecule has 10 heteroatoms. The van der Waals surface area contributed by atoms with Crippen LogP contribution in [0.25, 0.3) is 0 Å². The minimum Gasteiger partial charge on any atom is -0.394 e. The van der Waals surface area contributed by atoms with Crippen LogP contribution in [-0.2, 0) is 0 Å². The fourth-order valence-corrected chi connectivity index (χ4v) is 8.27. The average molecular weight is 509 g/mol. The summed E-state index contributed by atoms with van der Waals surface area (Å²) in [6, 6.07) is 14.6. The van der Waals surface area contributed by atoms with Crippen molar-refractivity contribution in [1.82, 2.24) is 9.80 Å². The van der Waals surface area contributed by atoms with Crippen LogP contribution in [0, 0.1) is 0 Å². The molecule has 2 atom stereocenters. The van der Waals surface area contributed by atoms with E-state index in [1.54, 1.807) is 33.3 Å². The number of carbonyl (C=O) groups is 2. The van der Waals surface area contributed by atoms with Crippen molar-refractivity contribution in [2.75, 3.05) is 36.5 Å². The summed E-state index contributed by atoms with van der Waals surface area (Å²) < 4.78 is 0. The van der Waals surface area contributed by atoms with Gasteiger partial charge in [0, 0.05) is 21.3 Å². The first-order valence-electron chi connectivity index (χ1n) is 10.2. The molecule has 0 spiro atoms. The molecular weight excluding hydrogens is 485 g/mol. The molecule has 0 unspecified atom stereocenters. The second-order valence-corrected chi connectivity index (χ2v) is 11.6. The zero-order valence-corrected chi connectivity index (χ0v) is 20.5. The van der Waals surface area contributed by atoms with Crippen LogP contribution in [0.1, 0.15) is 20.7 Å². The number of carbonyl (C=O) groups excluding carboxylic acids is 2. The lowest BCUT2D eigenvalue weighted by molar-refractivity contribution is 0.0682. The molecule has 0 bridgehead atoms. The predicted octanol–water partition coefficient (Wildman–Crippen LogP) is 3.50. The smallest absolute Gasteiger partial charge is 0.256 e. The Bertz CT molecular complexity index is 899. The Kier molecular flexibility index (Phi) is 8.36. The highest BCUT2D eigenvalue weighted by Gasteiger charge is 2.32. The number of aliphatic hydroxyl groups excluding tert-OH is 2. The molecule has 2 N–H and O–H groups in total. The van der Waals surface area contributed by atoms with Gasteiger partial charge in [0.1, 0.15) is 0 Å². The normalized spacial score (nSPS) is 20.7. The molecule has 2 heterocycles. The standard InChI is InChI=1S/C22H24N2O4S4/c25-9-15-11-29-13-23(15)21(27)17-5-1-3-7-19(17)31-32-20-8-4-2-6-18(20)22(28)24-14-30-12-16(24)10-26/h1-8,15-16,25-26H,9-14H2/t15-,16+. The molecule has 2 amide bonds. The molecule has 4 rings (SSSR count). The topological polar surface area (TPSA) is 81.1 Å². The number of aliphatic hydroxyl groups is 2. The lowest BCUT2D eigenvalue weighted by Crippen LogP contribution is -2.39. The summed E-state index contributed by atoms with van der Waals surface area (Å²) in [6.45, 7) is -0.0796. The summed E-state index contributed by atoms with van der Waals surface area (Å²) in [5.41, 5.74) is 1.21. The molecule has 0 aliphatic carbocycles. The third-order valence-electron chi connectivity index (χ3n) is 5.36. The Balaban J connectivity index is 1.52. The van der Waals surface area contributed by atoms with Crippen molar-refractivity contribution in [3.63, 3.8) is 0 Å². The second-order valence-electron chi connectivity index (χ2n) is 7.38. The van der Waals surface area contributed by atoms with Gasteiger partial charge in [-0.3, -0.25) is 9.59 Å². The highest BCUT2D eigenvalue weighted by atomic mass is 33.1. The lowest BCUT2D eigenvalue weighted by atomic mass is 10.2. The summed E-state index contributed by atoms with van der Waals surface area (Å²) >= 11 is 3.29. The van der Waals surface area contributed by atoms with Gasteiger partial charge in [-0.25, -0.2) is 0 Å². The number of thioether (sulfide) groups is 2. The average Bonchev–Trinajstić information content (AvgIpc) is 3.51. The van der Waals surface area contributed by atoms with Gasteiger partial charge in [-0.05, 0) is 24.3 Å². The fourth-order valence-electron chi connectivity index (χ4n) is 3.55. The molecule has 0 saturated carbocycles. The minimum absolute atomic E-state index is 0.0398. The Morgan fingerprint density at radius 1 is 0.781 bits per heavy atom. The number of hydrogen-bond acceptors (Lipinski definition) is 8. The van der Waals surface area contributed by atoms with Gasteiger partial charge in [-0.15, -0.1) is 23.5 Å². The van der Waals surface area contributed by atoms with Crippen molar-refractivity contribution in [3.8, 4) is 0 Å². The van der Waals surface area contributed by atoms with E-state index in [4.69, 9.17) is 0 Å². The maximum absolute atomic E-state index is 13.2. The number of nitrogens with zero attached hydrogens (tertiary/aromatic N) is 2. The summed E-state index contributed by atoms with van der Waals surface area (Å²) in [7, 11) is 2.90. The van der Waals surface area contributed by atoms with Crippen molar-refractivity contribution < 1.29 is 19.8 Å². The molecule has 32 heavy (non-hydrogen) atoms. The molecule has 170 valence electrons. The van der Waals surface area contributed by atoms with E-state index in [0.717, 1.165) is 21.3 Å². The fraction of sp³-hybridized carbons (Fsp3) is 0.364. The zero-order valence-electron chi connectivity index (χ0n) is 17.3. The number of rotatable bonds is 7. The van der Waals surface area contributed by atoms with Gasteiger partial charge in [0.15, 0.2) is 0 Å². The number of amides is 2. The monoisotopic (exact) mass is 508 g/mol. The van der Waals surface area contributed by atoms with Crippen LogP contribution in [0.4, 0.5) is 0 Å². The molecule has 2 fully saturated rings. The highest BCUT2D eigenvalue weighted by molar-refractivity contribution is 8.76. The van der Waals surface area contributed by atoms with Crippen molar-refractivity contribution in [3.05, 3.63) is 59.7 Å². The van der Waals surface area contributed by atoms with Crippen LogP contribution in [0.2, 0.25) is 0 Å². The van der Waals surface area contributed by atoms with Gasteiger partial charge in [0.05, 0.1) is 48.2 Å². The van der Waals surface area contributed by atoms with E-state index in [1.165, 1.54) is 21.6 Å². The summed E-state index contributed by atoms with van der Waals surface area (Å²) in [5.74, 6) is 2.47. The first kappa shape index (κ1) is 23.8. The molecule has 2 aliphatic heterocycles. The third-order valence-corrected chi connectivity index (χ3v) is 10.0. The van der Waals surface area contributed by atoms with Gasteiger partial charge in [-0.2, -0.15) is 0 Å². The molecule has 2 aromatic rings. The Hall–Kier alpha value is -1.30. The molecule has 2 aromatic carbocycles. The van der Waals surface area contributed by atoms with E-state index in [2.05, 4.69) is 0 Å². The largest absolute Gasteiger partial charge is 0.394 e. The van der Waals surface area contributed by atoms with Crippen molar-refractivity contribution in [2.24, 2.45) is 0 Å². The number of benzene rings is 2. The second kappa shape index (κ2) is 11.2. The van der Waals surface area contributed by atoms with Gasteiger partial charge in [0.25, 0.3) is 11.8 Å². The van der Waals surface area contributed by atoms with Crippen molar-refractivity contribution in [2.45, 2.75) is 21.9 Å². The first-order valence-corrected chi connectivity index (χ1v) is 14.6. The zero-order chi connectivity index (χ0) is 22.5. The summed E-state index contributed by atoms with van der Waals surface area (Å²) in [5, 5.41) is 19.2. The Morgan fingerprint density at radius 3 is 1.59 bits per heavy atom.